The molecule has 1 N–H and O–H groups in total. The van der Waals surface area contributed by atoms with Gasteiger partial charge in [-0.3, -0.25) is 4.79 Å². The molecule has 1 heterocycles. The van der Waals surface area contributed by atoms with Crippen molar-refractivity contribution in [1.29, 1.82) is 0 Å². The Labute approximate surface area is 147 Å². The van der Waals surface area contributed by atoms with Gasteiger partial charge in [0.15, 0.2) is 5.60 Å². The van der Waals surface area contributed by atoms with E-state index in [0.717, 1.165) is 25.3 Å². The van der Waals surface area contributed by atoms with Crippen LogP contribution in [-0.2, 0) is 10.4 Å². The Morgan fingerprint density at radius 2 is 1.67 bits per heavy atom. The molecule has 0 bridgehead atoms. The zero-order chi connectivity index (χ0) is 17.0. The van der Waals surface area contributed by atoms with E-state index in [1.165, 1.54) is 11.8 Å². The number of rotatable bonds is 5. The zero-order valence-corrected chi connectivity index (χ0v) is 14.7. The van der Waals surface area contributed by atoms with E-state index in [2.05, 4.69) is 11.9 Å². The molecule has 2 aromatic carbocycles. The monoisotopic (exact) mass is 341 g/mol. The molecule has 0 aromatic heterocycles. The van der Waals surface area contributed by atoms with Gasteiger partial charge in [-0.1, -0.05) is 72.4 Å². The van der Waals surface area contributed by atoms with Crippen molar-refractivity contribution in [2.45, 2.75) is 12.0 Å². The van der Waals surface area contributed by atoms with Crippen LogP contribution in [0.4, 0.5) is 0 Å². The number of thioether (sulfide) groups is 1. The lowest BCUT2D eigenvalue weighted by Gasteiger charge is -2.27. The van der Waals surface area contributed by atoms with Crippen LogP contribution >= 0.6 is 11.8 Å². The minimum atomic E-state index is -1.60. The number of benzene rings is 2. The minimum Gasteiger partial charge on any atom is -0.372 e. The van der Waals surface area contributed by atoms with Crippen molar-refractivity contribution in [1.82, 2.24) is 4.90 Å². The predicted molar refractivity (Wildman–Crippen MR) is 99.0 cm³/mol. The highest BCUT2D eigenvalue weighted by molar-refractivity contribution is 8.13. The van der Waals surface area contributed by atoms with Crippen molar-refractivity contribution in [2.24, 2.45) is 5.92 Å². The van der Waals surface area contributed by atoms with Gasteiger partial charge in [0.05, 0.1) is 0 Å². The molecular weight excluding hydrogens is 318 g/mol. The fraction of sp³-hybridized carbons (Fsp3) is 0.350. The smallest absolute Gasteiger partial charge is 0.229 e. The maximum absolute atomic E-state index is 13.0. The van der Waals surface area contributed by atoms with Crippen LogP contribution in [0.2, 0.25) is 0 Å². The van der Waals surface area contributed by atoms with Gasteiger partial charge in [0.25, 0.3) is 0 Å². The van der Waals surface area contributed by atoms with Gasteiger partial charge in [-0.05, 0) is 37.1 Å². The Bertz CT molecular complexity index is 635. The molecule has 1 saturated heterocycles. The van der Waals surface area contributed by atoms with Crippen molar-refractivity contribution < 1.29 is 9.90 Å². The Balaban J connectivity index is 1.83. The third-order valence-electron chi connectivity index (χ3n) is 4.62. The van der Waals surface area contributed by atoms with Gasteiger partial charge < -0.3 is 10.0 Å². The average Bonchev–Trinajstić information content (AvgIpc) is 3.05. The normalized spacial score (nSPS) is 18.7. The van der Waals surface area contributed by atoms with E-state index in [1.807, 2.05) is 60.7 Å². The summed E-state index contributed by atoms with van der Waals surface area (Å²) in [5.41, 5.74) is -0.355. The fourth-order valence-electron chi connectivity index (χ4n) is 3.22. The van der Waals surface area contributed by atoms with Crippen LogP contribution in [0.1, 0.15) is 17.5 Å². The Morgan fingerprint density at radius 1 is 1.12 bits per heavy atom. The molecule has 1 fully saturated rings. The maximum atomic E-state index is 13.0. The molecule has 0 aliphatic carbocycles. The van der Waals surface area contributed by atoms with E-state index in [4.69, 9.17) is 0 Å². The number of carbonyl (C=O) groups is 1. The highest BCUT2D eigenvalue weighted by Crippen LogP contribution is 2.35. The molecule has 0 saturated carbocycles. The fourth-order valence-corrected chi connectivity index (χ4v) is 4.33. The Kier molecular flexibility index (Phi) is 5.39. The molecule has 126 valence electrons. The largest absolute Gasteiger partial charge is 0.372 e. The number of nitrogens with zero attached hydrogens (tertiary/aromatic N) is 1. The molecule has 0 radical (unpaired) electrons. The van der Waals surface area contributed by atoms with E-state index in [-0.39, 0.29) is 5.12 Å². The highest BCUT2D eigenvalue weighted by Gasteiger charge is 2.40. The molecule has 24 heavy (non-hydrogen) atoms. The molecule has 3 nitrogen and oxygen atoms in total. The van der Waals surface area contributed by atoms with Crippen LogP contribution in [0.25, 0.3) is 0 Å². The van der Waals surface area contributed by atoms with Gasteiger partial charge in [0.2, 0.25) is 5.12 Å². The maximum Gasteiger partial charge on any atom is 0.229 e. The number of likely N-dealkylation sites (tertiary alicyclic amines) is 1. The topological polar surface area (TPSA) is 40.5 Å². The summed E-state index contributed by atoms with van der Waals surface area (Å²) >= 11 is 1.26. The van der Waals surface area contributed by atoms with Crippen LogP contribution in [-0.4, -0.2) is 41.0 Å². The first-order valence-electron chi connectivity index (χ1n) is 8.30. The van der Waals surface area contributed by atoms with Crippen LogP contribution < -0.4 is 0 Å². The summed E-state index contributed by atoms with van der Waals surface area (Å²) in [5, 5.41) is 11.2. The summed E-state index contributed by atoms with van der Waals surface area (Å²) in [6, 6.07) is 18.5. The lowest BCUT2D eigenvalue weighted by Crippen LogP contribution is -2.35. The van der Waals surface area contributed by atoms with Crippen molar-refractivity contribution in [2.75, 3.05) is 25.9 Å². The molecule has 0 amide bonds. The first-order chi connectivity index (χ1) is 11.6. The molecule has 2 aromatic rings. The number of hydrogen-bond donors (Lipinski definition) is 1. The van der Waals surface area contributed by atoms with Gasteiger partial charge >= 0.3 is 0 Å². The van der Waals surface area contributed by atoms with Gasteiger partial charge in [-0.15, -0.1) is 0 Å². The van der Waals surface area contributed by atoms with Crippen LogP contribution in [0.5, 0.6) is 0 Å². The first-order valence-corrected chi connectivity index (χ1v) is 9.28. The Morgan fingerprint density at radius 3 is 2.12 bits per heavy atom. The van der Waals surface area contributed by atoms with E-state index in [1.54, 1.807) is 0 Å². The molecule has 3 rings (SSSR count). The van der Waals surface area contributed by atoms with E-state index in [0.29, 0.717) is 17.0 Å². The van der Waals surface area contributed by atoms with Crippen molar-refractivity contribution in [3.8, 4) is 0 Å². The average molecular weight is 341 g/mol. The second-order valence-electron chi connectivity index (χ2n) is 6.46. The number of carbonyl (C=O) groups excluding carboxylic acids is 1. The summed E-state index contributed by atoms with van der Waals surface area (Å²) in [7, 11) is 2.11. The van der Waals surface area contributed by atoms with Crippen molar-refractivity contribution in [3.05, 3.63) is 71.8 Å². The van der Waals surface area contributed by atoms with Gasteiger partial charge in [-0.2, -0.15) is 0 Å². The molecule has 1 aliphatic heterocycles. The highest BCUT2D eigenvalue weighted by atomic mass is 32.2. The summed E-state index contributed by atoms with van der Waals surface area (Å²) < 4.78 is 0. The standard InChI is InChI=1S/C20H23NO2S/c1-21-13-12-16(14-21)15-24-19(22)20(23,17-8-4-2-5-9-17)18-10-6-3-7-11-18/h2-11,16,23H,12-15H2,1H3. The van der Waals surface area contributed by atoms with E-state index >= 15 is 0 Å². The minimum absolute atomic E-state index is 0.200. The Hall–Kier alpha value is -1.62. The van der Waals surface area contributed by atoms with Crippen molar-refractivity contribution in [3.63, 3.8) is 0 Å². The second kappa shape index (κ2) is 7.51. The molecule has 1 atom stereocenters. The van der Waals surface area contributed by atoms with Crippen LogP contribution in [0.15, 0.2) is 60.7 Å². The van der Waals surface area contributed by atoms with Gasteiger partial charge in [-0.25, -0.2) is 0 Å². The molecule has 0 spiro atoms. The molecule has 1 unspecified atom stereocenters. The quantitative estimate of drug-likeness (QED) is 0.907. The van der Waals surface area contributed by atoms with Crippen LogP contribution in [0, 0.1) is 5.92 Å². The van der Waals surface area contributed by atoms with E-state index in [9.17, 15) is 9.90 Å². The predicted octanol–water partition coefficient (Wildman–Crippen LogP) is 3.13. The molecular formula is C20H23NO2S. The van der Waals surface area contributed by atoms with E-state index < -0.39 is 5.60 Å². The SMILES string of the molecule is CN1CCC(CSC(=O)C(O)(c2ccccc2)c2ccccc2)C1. The summed E-state index contributed by atoms with van der Waals surface area (Å²) in [6.07, 6.45) is 1.12. The number of aliphatic hydroxyl groups is 1. The lowest BCUT2D eigenvalue weighted by molar-refractivity contribution is -0.124. The van der Waals surface area contributed by atoms with Crippen molar-refractivity contribution >= 4 is 16.9 Å². The summed E-state index contributed by atoms with van der Waals surface area (Å²) in [6.45, 7) is 2.11. The van der Waals surface area contributed by atoms with Gasteiger partial charge in [0, 0.05) is 12.3 Å². The third-order valence-corrected chi connectivity index (χ3v) is 5.81. The molecule has 1 aliphatic rings. The third kappa shape index (κ3) is 3.56. The summed E-state index contributed by atoms with van der Waals surface area (Å²) in [5.74, 6) is 1.27. The molecule has 4 heteroatoms. The lowest BCUT2D eigenvalue weighted by atomic mass is 9.87. The van der Waals surface area contributed by atoms with Crippen LogP contribution in [0.3, 0.4) is 0 Å². The first kappa shape index (κ1) is 17.2. The van der Waals surface area contributed by atoms with Gasteiger partial charge in [0.1, 0.15) is 0 Å². The number of hydrogen-bond acceptors (Lipinski definition) is 4. The second-order valence-corrected chi connectivity index (χ2v) is 7.45. The zero-order valence-electron chi connectivity index (χ0n) is 13.9. The summed E-state index contributed by atoms with van der Waals surface area (Å²) in [4.78, 5) is 15.3.